The van der Waals surface area contributed by atoms with Crippen LogP contribution in [0.25, 0.3) is 114 Å². The number of thiophene rings is 1. The molecule has 5 heteroatoms. The summed E-state index contributed by atoms with van der Waals surface area (Å²) in [5.41, 5.74) is 8.36. The van der Waals surface area contributed by atoms with E-state index in [0.29, 0.717) is 5.71 Å². The van der Waals surface area contributed by atoms with E-state index in [4.69, 9.17) is 14.4 Å². The van der Waals surface area contributed by atoms with Crippen LogP contribution in [0.15, 0.2) is 168 Å². The number of nitrogens with zero attached hydrogens (tertiary/aromatic N) is 3. The number of benzene rings is 8. The lowest BCUT2D eigenvalue weighted by Gasteiger charge is -2.14. The molecule has 4 heterocycles. The predicted octanol–water partition coefficient (Wildman–Crippen LogP) is 13.5. The Hall–Kier alpha value is -6.82. The third-order valence-corrected chi connectivity index (χ3v) is 12.0. The maximum atomic E-state index is 6.38. The zero-order chi connectivity index (χ0) is 34.6. The molecule has 12 rings (SSSR count). The molecule has 0 amide bonds. The topological polar surface area (TPSA) is 43.9 Å². The van der Waals surface area contributed by atoms with E-state index in [-0.39, 0.29) is 0 Å². The number of furan rings is 1. The van der Waals surface area contributed by atoms with E-state index >= 15 is 0 Å². The van der Waals surface area contributed by atoms with Crippen molar-refractivity contribution in [1.29, 1.82) is 0 Å². The summed E-state index contributed by atoms with van der Waals surface area (Å²) < 4.78 is 11.3. The number of hydrogen-bond acceptors (Lipinski definition) is 4. The Kier molecular flexibility index (Phi) is 5.90. The lowest BCUT2D eigenvalue weighted by molar-refractivity contribution is 0.653. The molecule has 0 bridgehead atoms. The van der Waals surface area contributed by atoms with Crippen LogP contribution in [0.5, 0.6) is 0 Å². The average Bonchev–Trinajstić information content (AvgIpc) is 3.91. The Morgan fingerprint density at radius 1 is 0.472 bits per heavy atom. The first-order valence-electron chi connectivity index (χ1n) is 17.8. The molecule has 0 atom stereocenters. The van der Waals surface area contributed by atoms with Gasteiger partial charge >= 0.3 is 0 Å². The quantitative estimate of drug-likeness (QED) is 0.185. The maximum Gasteiger partial charge on any atom is 0.247 e. The van der Waals surface area contributed by atoms with Crippen molar-refractivity contribution in [3.63, 3.8) is 0 Å². The average molecular weight is 694 g/mol. The van der Waals surface area contributed by atoms with Gasteiger partial charge in [-0.2, -0.15) is 0 Å². The summed E-state index contributed by atoms with van der Waals surface area (Å²) in [6.07, 6.45) is 0. The third kappa shape index (κ3) is 4.05. The fraction of sp³-hybridized carbons (Fsp3) is 0. The van der Waals surface area contributed by atoms with Gasteiger partial charge in [-0.1, -0.05) is 140 Å². The van der Waals surface area contributed by atoms with E-state index < -0.39 is 0 Å². The van der Waals surface area contributed by atoms with Crippen LogP contribution in [0.4, 0.5) is 0 Å². The standard InChI is InChI=1S/C48H27N3OS/c1-2-12-28(13-3-1)29-22-24-31(25-23-29)43-47(49-44-36-19-9-11-21-38(36)52-48(44)50-43)51-37-20-10-8-18-35(37)40-33-16-6-7-17-34(33)42-41-32-15-5-4-14-30(32)26-27-39(41)53-46(42)45(40)51/h1-27H. The van der Waals surface area contributed by atoms with Crippen LogP contribution in [-0.4, -0.2) is 14.5 Å². The van der Waals surface area contributed by atoms with Gasteiger partial charge in [0.1, 0.15) is 16.8 Å². The van der Waals surface area contributed by atoms with Gasteiger partial charge in [0.2, 0.25) is 5.71 Å². The van der Waals surface area contributed by atoms with E-state index in [9.17, 15) is 0 Å². The molecule has 246 valence electrons. The molecule has 0 saturated carbocycles. The fourth-order valence-electron chi connectivity index (χ4n) is 8.47. The highest BCUT2D eigenvalue weighted by atomic mass is 32.1. The van der Waals surface area contributed by atoms with Gasteiger partial charge in [0, 0.05) is 37.2 Å². The van der Waals surface area contributed by atoms with Crippen LogP contribution >= 0.6 is 11.3 Å². The molecule has 8 aromatic carbocycles. The molecular formula is C48H27N3OS. The highest BCUT2D eigenvalue weighted by molar-refractivity contribution is 7.27. The number of rotatable bonds is 3. The van der Waals surface area contributed by atoms with E-state index in [2.05, 4.69) is 144 Å². The fourth-order valence-corrected chi connectivity index (χ4v) is 9.75. The van der Waals surface area contributed by atoms with E-state index in [1.807, 2.05) is 35.6 Å². The number of para-hydroxylation sites is 2. The summed E-state index contributed by atoms with van der Waals surface area (Å²) in [7, 11) is 0. The van der Waals surface area contributed by atoms with Crippen molar-refractivity contribution in [2.75, 3.05) is 0 Å². The number of fused-ring (bicyclic) bond motifs is 15. The van der Waals surface area contributed by atoms with Crippen molar-refractivity contribution >= 4 is 97.1 Å². The molecule has 12 aromatic rings. The number of hydrogen-bond donors (Lipinski definition) is 0. The molecule has 53 heavy (non-hydrogen) atoms. The first-order chi connectivity index (χ1) is 26.3. The zero-order valence-corrected chi connectivity index (χ0v) is 29.1. The van der Waals surface area contributed by atoms with Gasteiger partial charge in [-0.05, 0) is 56.9 Å². The first kappa shape index (κ1) is 28.8. The molecule has 0 aliphatic carbocycles. The molecular weight excluding hydrogens is 667 g/mol. The third-order valence-electron chi connectivity index (χ3n) is 10.8. The van der Waals surface area contributed by atoms with Gasteiger partial charge in [-0.15, -0.1) is 11.3 Å². The smallest absolute Gasteiger partial charge is 0.247 e. The van der Waals surface area contributed by atoms with Crippen molar-refractivity contribution in [1.82, 2.24) is 14.5 Å². The molecule has 0 aliphatic rings. The van der Waals surface area contributed by atoms with Crippen molar-refractivity contribution in [3.8, 4) is 28.2 Å². The lowest BCUT2D eigenvalue weighted by atomic mass is 9.96. The van der Waals surface area contributed by atoms with Gasteiger partial charge in [0.25, 0.3) is 0 Å². The van der Waals surface area contributed by atoms with Crippen molar-refractivity contribution in [2.45, 2.75) is 0 Å². The van der Waals surface area contributed by atoms with Gasteiger partial charge in [0.15, 0.2) is 5.82 Å². The monoisotopic (exact) mass is 693 g/mol. The second-order valence-electron chi connectivity index (χ2n) is 13.7. The van der Waals surface area contributed by atoms with Crippen molar-refractivity contribution < 1.29 is 4.42 Å². The predicted molar refractivity (Wildman–Crippen MR) is 222 cm³/mol. The Labute approximate surface area is 306 Å². The van der Waals surface area contributed by atoms with Crippen LogP contribution in [-0.2, 0) is 0 Å². The Bertz CT molecular complexity index is 3450. The Morgan fingerprint density at radius 2 is 1.11 bits per heavy atom. The summed E-state index contributed by atoms with van der Waals surface area (Å²) in [4.78, 5) is 10.9. The molecule has 0 unspecified atom stereocenters. The van der Waals surface area contributed by atoms with Crippen molar-refractivity contribution in [2.24, 2.45) is 0 Å². The van der Waals surface area contributed by atoms with E-state index in [1.54, 1.807) is 0 Å². The Balaban J connectivity index is 1.27. The highest BCUT2D eigenvalue weighted by Gasteiger charge is 2.26. The normalized spacial score (nSPS) is 12.2. The molecule has 0 N–H and O–H groups in total. The van der Waals surface area contributed by atoms with Crippen molar-refractivity contribution in [3.05, 3.63) is 164 Å². The van der Waals surface area contributed by atoms with Gasteiger partial charge in [-0.25, -0.2) is 9.97 Å². The number of aromatic nitrogens is 3. The zero-order valence-electron chi connectivity index (χ0n) is 28.2. The lowest BCUT2D eigenvalue weighted by Crippen LogP contribution is -2.03. The minimum atomic E-state index is 0.529. The first-order valence-corrected chi connectivity index (χ1v) is 18.7. The van der Waals surface area contributed by atoms with Crippen LogP contribution in [0.2, 0.25) is 0 Å². The van der Waals surface area contributed by atoms with Gasteiger partial charge in [0.05, 0.1) is 15.7 Å². The maximum absolute atomic E-state index is 6.38. The minimum Gasteiger partial charge on any atom is -0.436 e. The summed E-state index contributed by atoms with van der Waals surface area (Å²) in [6, 6.07) is 58.2. The van der Waals surface area contributed by atoms with Crippen LogP contribution in [0.1, 0.15) is 0 Å². The van der Waals surface area contributed by atoms with Crippen LogP contribution in [0.3, 0.4) is 0 Å². The minimum absolute atomic E-state index is 0.529. The molecule has 0 fully saturated rings. The molecule has 4 nitrogen and oxygen atoms in total. The van der Waals surface area contributed by atoms with E-state index in [1.165, 1.54) is 58.1 Å². The summed E-state index contributed by atoms with van der Waals surface area (Å²) in [5, 5.41) is 11.0. The SMILES string of the molecule is c1ccc(-c2ccc(-c3nc4oc5ccccc5c4nc3-n3c4ccccc4c4c5ccccc5c5c(sc6ccc7ccccc7c65)c43)cc2)cc1. The van der Waals surface area contributed by atoms with E-state index in [0.717, 1.165) is 50.2 Å². The largest absolute Gasteiger partial charge is 0.436 e. The molecule has 4 aromatic heterocycles. The summed E-state index contributed by atoms with van der Waals surface area (Å²) in [5.74, 6) is 0.779. The Morgan fingerprint density at radius 3 is 1.94 bits per heavy atom. The van der Waals surface area contributed by atoms with Crippen LogP contribution in [0, 0.1) is 0 Å². The second-order valence-corrected chi connectivity index (χ2v) is 14.7. The summed E-state index contributed by atoms with van der Waals surface area (Å²) >= 11 is 1.87. The summed E-state index contributed by atoms with van der Waals surface area (Å²) in [6.45, 7) is 0. The molecule has 0 radical (unpaired) electrons. The van der Waals surface area contributed by atoms with Crippen LogP contribution < -0.4 is 0 Å². The van der Waals surface area contributed by atoms with Gasteiger partial charge in [-0.3, -0.25) is 4.57 Å². The second kappa shape index (κ2) is 10.8. The highest BCUT2D eigenvalue weighted by Crippen LogP contribution is 2.50. The molecule has 0 saturated heterocycles. The molecule has 0 spiro atoms. The molecule has 0 aliphatic heterocycles. The van der Waals surface area contributed by atoms with Gasteiger partial charge < -0.3 is 4.42 Å².